The van der Waals surface area contributed by atoms with Gasteiger partial charge in [-0.3, -0.25) is 4.90 Å². The summed E-state index contributed by atoms with van der Waals surface area (Å²) in [6.07, 6.45) is 1.04. The highest BCUT2D eigenvalue weighted by Gasteiger charge is 2.50. The third kappa shape index (κ3) is 2.97. The molecule has 0 N–H and O–H groups in total. The van der Waals surface area contributed by atoms with Gasteiger partial charge in [-0.1, -0.05) is 61.0 Å². The van der Waals surface area contributed by atoms with Crippen LogP contribution >= 0.6 is 24.0 Å². The number of halogens is 2. The average Bonchev–Trinajstić information content (AvgIpc) is 2.95. The summed E-state index contributed by atoms with van der Waals surface area (Å²) in [5, 5.41) is 0.841. The lowest BCUT2D eigenvalue weighted by atomic mass is 9.79. The maximum Gasteiger partial charge on any atom is 0.0891 e. The largest absolute Gasteiger partial charge is 0.368 e. The van der Waals surface area contributed by atoms with Crippen LogP contribution in [-0.4, -0.2) is 23.6 Å². The number of likely N-dealkylation sites (tertiary alicyclic amines) is 1. The molecule has 2 heterocycles. The Morgan fingerprint density at radius 3 is 2.71 bits per heavy atom. The summed E-state index contributed by atoms with van der Waals surface area (Å²) < 4.78 is 6.39. The molecule has 4 heteroatoms. The van der Waals surface area contributed by atoms with Crippen molar-refractivity contribution in [3.63, 3.8) is 0 Å². The van der Waals surface area contributed by atoms with Crippen LogP contribution in [0.25, 0.3) is 0 Å². The molecular weight excluding hydrogens is 341 g/mol. The molecular formula is C20H23Cl2NO. The third-order valence-electron chi connectivity index (χ3n) is 5.45. The number of benzene rings is 2. The molecule has 0 saturated carbocycles. The normalized spacial score (nSPS) is 25.7. The van der Waals surface area contributed by atoms with Crippen LogP contribution in [-0.2, 0) is 17.9 Å². The van der Waals surface area contributed by atoms with Crippen LogP contribution in [0.2, 0.25) is 5.02 Å². The lowest BCUT2D eigenvalue weighted by molar-refractivity contribution is -0.0727. The molecule has 2 aliphatic rings. The van der Waals surface area contributed by atoms with E-state index in [1.807, 2.05) is 6.07 Å². The zero-order valence-electron chi connectivity index (χ0n) is 13.9. The Balaban J connectivity index is 0.00000169. The maximum atomic E-state index is 6.39. The molecule has 2 aliphatic heterocycles. The number of rotatable bonds is 3. The first-order valence-corrected chi connectivity index (χ1v) is 8.77. The SMILES string of the molecule is CC[C@@]12CN(Cc3ccccc3)C[C@@H]1c1cccc(Cl)c1CO2.Cl. The number of nitrogens with zero attached hydrogens (tertiary/aromatic N) is 1. The molecule has 1 saturated heterocycles. The van der Waals surface area contributed by atoms with Gasteiger partial charge in [0.2, 0.25) is 0 Å². The molecule has 0 spiro atoms. The maximum absolute atomic E-state index is 6.39. The van der Waals surface area contributed by atoms with Crippen LogP contribution < -0.4 is 0 Å². The van der Waals surface area contributed by atoms with E-state index in [-0.39, 0.29) is 18.0 Å². The molecule has 0 amide bonds. The van der Waals surface area contributed by atoms with E-state index in [0.717, 1.165) is 31.1 Å². The van der Waals surface area contributed by atoms with Crippen LogP contribution in [0.4, 0.5) is 0 Å². The van der Waals surface area contributed by atoms with Gasteiger partial charge >= 0.3 is 0 Å². The lowest BCUT2D eigenvalue weighted by Crippen LogP contribution is -2.42. The summed E-state index contributed by atoms with van der Waals surface area (Å²) in [7, 11) is 0. The molecule has 0 bridgehead atoms. The molecule has 0 radical (unpaired) electrons. The van der Waals surface area contributed by atoms with Crippen molar-refractivity contribution in [1.82, 2.24) is 4.90 Å². The van der Waals surface area contributed by atoms with Crippen LogP contribution in [0.5, 0.6) is 0 Å². The van der Waals surface area contributed by atoms with Gasteiger partial charge in [0.15, 0.2) is 0 Å². The van der Waals surface area contributed by atoms with Gasteiger partial charge in [-0.05, 0) is 29.2 Å². The summed E-state index contributed by atoms with van der Waals surface area (Å²) in [5.41, 5.74) is 3.88. The topological polar surface area (TPSA) is 12.5 Å². The van der Waals surface area contributed by atoms with E-state index in [0.29, 0.717) is 12.5 Å². The second kappa shape index (κ2) is 7.05. The van der Waals surface area contributed by atoms with Gasteiger partial charge in [-0.25, -0.2) is 0 Å². The van der Waals surface area contributed by atoms with Crippen molar-refractivity contribution in [1.29, 1.82) is 0 Å². The number of hydrogen-bond acceptors (Lipinski definition) is 2. The molecule has 0 aromatic heterocycles. The Labute approximate surface area is 155 Å². The van der Waals surface area contributed by atoms with Gasteiger partial charge < -0.3 is 4.74 Å². The highest BCUT2D eigenvalue weighted by Crippen LogP contribution is 2.47. The van der Waals surface area contributed by atoms with Gasteiger partial charge in [0.05, 0.1) is 12.2 Å². The minimum Gasteiger partial charge on any atom is -0.368 e. The Morgan fingerprint density at radius 1 is 1.17 bits per heavy atom. The molecule has 1 fully saturated rings. The van der Waals surface area contributed by atoms with Gasteiger partial charge in [-0.2, -0.15) is 0 Å². The van der Waals surface area contributed by atoms with Crippen molar-refractivity contribution in [3.05, 3.63) is 70.2 Å². The molecule has 128 valence electrons. The van der Waals surface area contributed by atoms with Crippen molar-refractivity contribution >= 4 is 24.0 Å². The Bertz CT molecular complexity index is 706. The third-order valence-corrected chi connectivity index (χ3v) is 5.80. The molecule has 0 aliphatic carbocycles. The van der Waals surface area contributed by atoms with Gasteiger partial charge in [0.25, 0.3) is 0 Å². The minimum absolute atomic E-state index is 0. The fourth-order valence-electron chi connectivity index (χ4n) is 4.20. The molecule has 2 atom stereocenters. The van der Waals surface area contributed by atoms with Gasteiger partial charge in [0.1, 0.15) is 0 Å². The average molecular weight is 364 g/mol. The van der Waals surface area contributed by atoms with E-state index in [9.17, 15) is 0 Å². The van der Waals surface area contributed by atoms with Crippen LogP contribution in [0.3, 0.4) is 0 Å². The Kier molecular flexibility index (Phi) is 5.22. The zero-order valence-corrected chi connectivity index (χ0v) is 15.4. The highest BCUT2D eigenvalue weighted by molar-refractivity contribution is 6.31. The van der Waals surface area contributed by atoms with Gasteiger partial charge in [0, 0.05) is 30.6 Å². The first kappa shape index (κ1) is 17.8. The fraction of sp³-hybridized carbons (Fsp3) is 0.400. The fourth-order valence-corrected chi connectivity index (χ4v) is 4.43. The first-order chi connectivity index (χ1) is 11.2. The standard InChI is InChI=1S/C20H22ClNO.ClH/c1-2-20-14-22(11-15-7-4-3-5-8-15)12-18(20)16-9-6-10-19(21)17(16)13-23-20;/h3-10,18H,2,11-14H2,1H3;1H/t18-,20-;/m1./s1. The molecule has 2 aromatic rings. The monoisotopic (exact) mass is 363 g/mol. The predicted molar refractivity (Wildman–Crippen MR) is 101 cm³/mol. The predicted octanol–water partition coefficient (Wildman–Crippen LogP) is 5.04. The zero-order chi connectivity index (χ0) is 15.9. The highest BCUT2D eigenvalue weighted by atomic mass is 35.5. The summed E-state index contributed by atoms with van der Waals surface area (Å²) in [6, 6.07) is 17.0. The summed E-state index contributed by atoms with van der Waals surface area (Å²) >= 11 is 6.39. The summed E-state index contributed by atoms with van der Waals surface area (Å²) in [5.74, 6) is 0.415. The van der Waals surface area contributed by atoms with Crippen molar-refractivity contribution in [3.8, 4) is 0 Å². The van der Waals surface area contributed by atoms with E-state index in [4.69, 9.17) is 16.3 Å². The van der Waals surface area contributed by atoms with Crippen LogP contribution in [0.15, 0.2) is 48.5 Å². The quantitative estimate of drug-likeness (QED) is 0.757. The van der Waals surface area contributed by atoms with E-state index < -0.39 is 0 Å². The van der Waals surface area contributed by atoms with Crippen molar-refractivity contribution in [2.24, 2.45) is 0 Å². The Hall–Kier alpha value is -1.06. The molecule has 24 heavy (non-hydrogen) atoms. The lowest BCUT2D eigenvalue weighted by Gasteiger charge is -2.39. The van der Waals surface area contributed by atoms with E-state index in [1.54, 1.807) is 0 Å². The number of ether oxygens (including phenoxy) is 1. The van der Waals surface area contributed by atoms with E-state index in [2.05, 4.69) is 54.3 Å². The van der Waals surface area contributed by atoms with E-state index >= 15 is 0 Å². The second-order valence-corrected chi connectivity index (χ2v) is 7.13. The second-order valence-electron chi connectivity index (χ2n) is 6.72. The molecule has 4 rings (SSSR count). The van der Waals surface area contributed by atoms with E-state index in [1.165, 1.54) is 16.7 Å². The minimum atomic E-state index is -0.0630. The van der Waals surface area contributed by atoms with Crippen LogP contribution in [0, 0.1) is 0 Å². The number of hydrogen-bond donors (Lipinski definition) is 0. The molecule has 0 unspecified atom stereocenters. The first-order valence-electron chi connectivity index (χ1n) is 8.39. The van der Waals surface area contributed by atoms with Gasteiger partial charge in [-0.15, -0.1) is 12.4 Å². The van der Waals surface area contributed by atoms with Crippen molar-refractivity contribution in [2.45, 2.75) is 38.0 Å². The number of fused-ring (bicyclic) bond motifs is 3. The van der Waals surface area contributed by atoms with Crippen molar-refractivity contribution < 1.29 is 4.74 Å². The Morgan fingerprint density at radius 2 is 1.96 bits per heavy atom. The van der Waals surface area contributed by atoms with Crippen LogP contribution in [0.1, 0.15) is 36.0 Å². The molecule has 2 nitrogen and oxygen atoms in total. The summed E-state index contributed by atoms with van der Waals surface area (Å²) in [6.45, 7) is 5.90. The molecule has 2 aromatic carbocycles. The van der Waals surface area contributed by atoms with Crippen molar-refractivity contribution in [2.75, 3.05) is 13.1 Å². The smallest absolute Gasteiger partial charge is 0.0891 e. The summed E-state index contributed by atoms with van der Waals surface area (Å²) in [4.78, 5) is 2.53.